The van der Waals surface area contributed by atoms with E-state index in [-0.39, 0.29) is 11.1 Å². The number of hydrogen-bond acceptors (Lipinski definition) is 4. The van der Waals surface area contributed by atoms with E-state index in [0.717, 1.165) is 33.1 Å². The molecular formula is C26H23N3O5. The quantitative estimate of drug-likeness (QED) is 0.453. The Labute approximate surface area is 196 Å². The fourth-order valence-corrected chi connectivity index (χ4v) is 4.00. The van der Waals surface area contributed by atoms with Gasteiger partial charge in [-0.2, -0.15) is 0 Å². The van der Waals surface area contributed by atoms with Crippen molar-refractivity contribution < 1.29 is 24.3 Å². The normalized spacial score (nSPS) is 15.1. The number of nitrogens with zero attached hydrogens (tertiary/aromatic N) is 2. The molecule has 2 aromatic carbocycles. The number of carbonyl (C=O) groups excluding carboxylic acids is 3. The summed E-state index contributed by atoms with van der Waals surface area (Å²) in [6.07, 6.45) is 1.47. The van der Waals surface area contributed by atoms with E-state index in [2.05, 4.69) is 5.32 Å². The largest absolute Gasteiger partial charge is 0.478 e. The van der Waals surface area contributed by atoms with Gasteiger partial charge in [0.15, 0.2) is 0 Å². The number of amides is 4. The second-order valence-electron chi connectivity index (χ2n) is 8.24. The Morgan fingerprint density at radius 3 is 2.15 bits per heavy atom. The number of aromatic carboxylic acids is 1. The first-order valence-electron chi connectivity index (χ1n) is 10.6. The predicted molar refractivity (Wildman–Crippen MR) is 127 cm³/mol. The van der Waals surface area contributed by atoms with Crippen molar-refractivity contribution in [3.05, 3.63) is 87.7 Å². The Morgan fingerprint density at radius 2 is 1.53 bits per heavy atom. The van der Waals surface area contributed by atoms with Crippen molar-refractivity contribution in [1.82, 2.24) is 9.88 Å². The molecule has 1 fully saturated rings. The molecule has 172 valence electrons. The molecule has 3 aromatic rings. The van der Waals surface area contributed by atoms with Crippen LogP contribution >= 0.6 is 0 Å². The number of carbonyl (C=O) groups is 4. The average molecular weight is 457 g/mol. The van der Waals surface area contributed by atoms with Crippen LogP contribution in [0.4, 0.5) is 10.5 Å². The molecule has 0 bridgehead atoms. The van der Waals surface area contributed by atoms with Gasteiger partial charge in [-0.1, -0.05) is 6.07 Å². The Kier molecular flexibility index (Phi) is 5.66. The number of nitrogens with one attached hydrogen (secondary N) is 1. The Hall–Kier alpha value is -4.46. The molecule has 0 aliphatic carbocycles. The van der Waals surface area contributed by atoms with Crippen LogP contribution in [0, 0.1) is 27.7 Å². The Balaban J connectivity index is 1.74. The number of hydrogen-bond donors (Lipinski definition) is 2. The topological polar surface area (TPSA) is 109 Å². The zero-order valence-corrected chi connectivity index (χ0v) is 19.2. The van der Waals surface area contributed by atoms with Crippen molar-refractivity contribution in [2.75, 3.05) is 4.90 Å². The maximum atomic E-state index is 13.2. The molecule has 8 heteroatoms. The SMILES string of the molecule is Cc1ccc(N2C(=O)NC(=O)/C(=C\c3cc(C)n(-c4ccc(C(=O)O)cc4)c3C)C2=O)cc1C. The maximum Gasteiger partial charge on any atom is 0.335 e. The van der Waals surface area contributed by atoms with Crippen LogP contribution in [0.1, 0.15) is 38.4 Å². The van der Waals surface area contributed by atoms with E-state index in [0.29, 0.717) is 11.3 Å². The molecule has 1 aliphatic heterocycles. The number of imide groups is 2. The van der Waals surface area contributed by atoms with Gasteiger partial charge in [0.2, 0.25) is 0 Å². The molecule has 2 N–H and O–H groups in total. The highest BCUT2D eigenvalue weighted by Crippen LogP contribution is 2.27. The summed E-state index contributed by atoms with van der Waals surface area (Å²) in [7, 11) is 0. The van der Waals surface area contributed by atoms with E-state index in [1.54, 1.807) is 24.3 Å². The lowest BCUT2D eigenvalue weighted by molar-refractivity contribution is -0.122. The van der Waals surface area contributed by atoms with Crippen molar-refractivity contribution in [1.29, 1.82) is 0 Å². The number of rotatable bonds is 4. The van der Waals surface area contributed by atoms with Gasteiger partial charge >= 0.3 is 12.0 Å². The third-order valence-electron chi connectivity index (χ3n) is 5.99. The van der Waals surface area contributed by atoms with E-state index in [1.807, 2.05) is 44.4 Å². The highest BCUT2D eigenvalue weighted by molar-refractivity contribution is 6.39. The molecule has 34 heavy (non-hydrogen) atoms. The minimum Gasteiger partial charge on any atom is -0.478 e. The second-order valence-corrected chi connectivity index (χ2v) is 8.24. The van der Waals surface area contributed by atoms with E-state index in [4.69, 9.17) is 5.11 Å². The third-order valence-corrected chi connectivity index (χ3v) is 5.99. The number of benzene rings is 2. The van der Waals surface area contributed by atoms with Gasteiger partial charge < -0.3 is 9.67 Å². The molecule has 4 rings (SSSR count). The summed E-state index contributed by atoms with van der Waals surface area (Å²) in [6, 6.07) is 12.7. The number of carboxylic acids is 1. The molecule has 0 spiro atoms. The predicted octanol–water partition coefficient (Wildman–Crippen LogP) is 4.08. The third kappa shape index (κ3) is 3.90. The number of aryl methyl sites for hydroxylation is 3. The number of aromatic nitrogens is 1. The van der Waals surface area contributed by atoms with Crippen LogP contribution in [-0.4, -0.2) is 33.5 Å². The molecule has 1 saturated heterocycles. The van der Waals surface area contributed by atoms with Gasteiger partial charge in [-0.3, -0.25) is 14.9 Å². The fourth-order valence-electron chi connectivity index (χ4n) is 4.00. The number of urea groups is 1. The summed E-state index contributed by atoms with van der Waals surface area (Å²) in [5.74, 6) is -2.47. The van der Waals surface area contributed by atoms with Gasteiger partial charge in [0.05, 0.1) is 11.3 Å². The van der Waals surface area contributed by atoms with Gasteiger partial charge in [0.25, 0.3) is 11.8 Å². The summed E-state index contributed by atoms with van der Waals surface area (Å²) < 4.78 is 1.90. The lowest BCUT2D eigenvalue weighted by atomic mass is 10.1. The lowest BCUT2D eigenvalue weighted by Crippen LogP contribution is -2.54. The molecule has 4 amide bonds. The van der Waals surface area contributed by atoms with Crippen molar-refractivity contribution >= 4 is 35.6 Å². The minimum atomic E-state index is -1.01. The van der Waals surface area contributed by atoms with Crippen LogP contribution in [0.15, 0.2) is 54.1 Å². The van der Waals surface area contributed by atoms with Crippen LogP contribution in [-0.2, 0) is 9.59 Å². The van der Waals surface area contributed by atoms with Crippen LogP contribution in [0.2, 0.25) is 0 Å². The van der Waals surface area contributed by atoms with Crippen LogP contribution in [0.5, 0.6) is 0 Å². The summed E-state index contributed by atoms with van der Waals surface area (Å²) in [5, 5.41) is 11.4. The minimum absolute atomic E-state index is 0.153. The van der Waals surface area contributed by atoms with Crippen LogP contribution in [0.3, 0.4) is 0 Å². The van der Waals surface area contributed by atoms with Gasteiger partial charge in [0, 0.05) is 17.1 Å². The first kappa shape index (κ1) is 22.7. The smallest absolute Gasteiger partial charge is 0.335 e. The van der Waals surface area contributed by atoms with E-state index < -0.39 is 23.8 Å². The second kappa shape index (κ2) is 8.47. The summed E-state index contributed by atoms with van der Waals surface area (Å²) >= 11 is 0. The maximum absolute atomic E-state index is 13.2. The molecule has 2 heterocycles. The zero-order chi connectivity index (χ0) is 24.7. The molecule has 0 unspecified atom stereocenters. The molecule has 1 aliphatic rings. The first-order chi connectivity index (χ1) is 16.1. The Morgan fingerprint density at radius 1 is 0.882 bits per heavy atom. The molecular weight excluding hydrogens is 434 g/mol. The molecule has 1 aromatic heterocycles. The standard InChI is InChI=1S/C26H23N3O5/c1-14-5-8-21(11-15(14)2)29-24(31)22(23(30)27-26(29)34)13-19-12-16(3)28(17(19)4)20-9-6-18(7-10-20)25(32)33/h5-13H,1-4H3,(H,32,33)(H,27,30,34)/b22-13+. The molecule has 0 saturated carbocycles. The average Bonchev–Trinajstić information content (AvgIpc) is 3.06. The van der Waals surface area contributed by atoms with Crippen molar-refractivity contribution in [3.8, 4) is 5.69 Å². The zero-order valence-electron chi connectivity index (χ0n) is 19.2. The first-order valence-corrected chi connectivity index (χ1v) is 10.6. The van der Waals surface area contributed by atoms with Crippen molar-refractivity contribution in [2.24, 2.45) is 0 Å². The Bertz CT molecular complexity index is 1400. The van der Waals surface area contributed by atoms with Gasteiger partial charge in [-0.05, 0) is 92.9 Å². The summed E-state index contributed by atoms with van der Waals surface area (Å²) in [4.78, 5) is 50.4. The van der Waals surface area contributed by atoms with E-state index in [1.165, 1.54) is 18.2 Å². The number of carboxylic acid groups (broad SMARTS) is 1. The van der Waals surface area contributed by atoms with Gasteiger partial charge in [0.1, 0.15) is 5.57 Å². The molecule has 0 atom stereocenters. The van der Waals surface area contributed by atoms with Crippen LogP contribution in [0.25, 0.3) is 11.8 Å². The van der Waals surface area contributed by atoms with Crippen molar-refractivity contribution in [2.45, 2.75) is 27.7 Å². The van der Waals surface area contributed by atoms with Gasteiger partial charge in [-0.25, -0.2) is 14.5 Å². The summed E-state index contributed by atoms with van der Waals surface area (Å²) in [5.41, 5.74) is 5.30. The molecule has 8 nitrogen and oxygen atoms in total. The van der Waals surface area contributed by atoms with Gasteiger partial charge in [-0.15, -0.1) is 0 Å². The highest BCUT2D eigenvalue weighted by Gasteiger charge is 2.37. The highest BCUT2D eigenvalue weighted by atomic mass is 16.4. The van der Waals surface area contributed by atoms with E-state index in [9.17, 15) is 19.2 Å². The molecule has 0 radical (unpaired) electrons. The fraction of sp³-hybridized carbons (Fsp3) is 0.154. The van der Waals surface area contributed by atoms with Crippen LogP contribution < -0.4 is 10.2 Å². The monoisotopic (exact) mass is 457 g/mol. The number of barbiturate groups is 1. The summed E-state index contributed by atoms with van der Waals surface area (Å²) in [6.45, 7) is 7.51. The van der Waals surface area contributed by atoms with E-state index >= 15 is 0 Å². The van der Waals surface area contributed by atoms with Crippen molar-refractivity contribution in [3.63, 3.8) is 0 Å². The number of anilines is 1. The lowest BCUT2D eigenvalue weighted by Gasteiger charge is -2.26.